The molecule has 0 saturated heterocycles. The van der Waals surface area contributed by atoms with Gasteiger partial charge in [0.1, 0.15) is 0 Å². The van der Waals surface area contributed by atoms with Crippen molar-refractivity contribution in [3.05, 3.63) is 302 Å². The van der Waals surface area contributed by atoms with Crippen LogP contribution < -0.4 is 9.80 Å². The van der Waals surface area contributed by atoms with E-state index in [0.29, 0.717) is 28.2 Å². The highest BCUT2D eigenvalue weighted by atomic mass is 15.1. The smallest absolute Gasteiger partial charge is 0.195 e. The number of hydrogen-bond donors (Lipinski definition) is 0. The molecule has 0 bridgehead atoms. The number of hydrogen-bond acceptors (Lipinski definition) is 5. The van der Waals surface area contributed by atoms with E-state index in [9.17, 15) is 5.26 Å². The molecule has 13 rings (SSSR count). The van der Waals surface area contributed by atoms with E-state index in [-0.39, 0.29) is 0 Å². The number of para-hydroxylation sites is 4. The second-order valence-corrected chi connectivity index (χ2v) is 19.2. The van der Waals surface area contributed by atoms with Gasteiger partial charge in [0.15, 0.2) is 11.5 Å². The number of benzene rings is 11. The Kier molecular flexibility index (Phi) is 12.6. The fraction of sp³-hybridized carbons (Fsp3) is 0. The molecule has 7 heteroatoms. The molecule has 0 radical (unpaired) electrons. The molecular formula is C72H47N7. The summed E-state index contributed by atoms with van der Waals surface area (Å²) in [7, 11) is 0. The van der Waals surface area contributed by atoms with Crippen molar-refractivity contribution in [3.8, 4) is 67.9 Å². The highest BCUT2D eigenvalue weighted by Crippen LogP contribution is 2.44. The maximum Gasteiger partial charge on any atom is 0.195 e. The minimum Gasteiger partial charge on any atom is -0.310 e. The van der Waals surface area contributed by atoms with Crippen molar-refractivity contribution >= 4 is 61.6 Å². The fourth-order valence-corrected chi connectivity index (χ4v) is 10.7. The molecule has 370 valence electrons. The van der Waals surface area contributed by atoms with Crippen molar-refractivity contribution in [1.29, 1.82) is 5.26 Å². The van der Waals surface area contributed by atoms with Crippen molar-refractivity contribution in [2.24, 2.45) is 0 Å². The molecule has 7 nitrogen and oxygen atoms in total. The first kappa shape index (κ1) is 47.6. The Hall–Kier alpha value is -11.1. The largest absolute Gasteiger partial charge is 0.310 e. The lowest BCUT2D eigenvalue weighted by atomic mass is 9.93. The second-order valence-electron chi connectivity index (χ2n) is 19.2. The molecule has 0 aliphatic carbocycles. The molecule has 0 aliphatic heterocycles. The maximum absolute atomic E-state index is 10.7. The van der Waals surface area contributed by atoms with E-state index in [2.05, 4.69) is 195 Å². The number of nitriles is 1. The highest BCUT2D eigenvalue weighted by molar-refractivity contribution is 6.12. The average Bonchev–Trinajstić information content (AvgIpc) is 4.11. The lowest BCUT2D eigenvalue weighted by molar-refractivity contribution is 1.18. The zero-order valence-electron chi connectivity index (χ0n) is 42.8. The van der Waals surface area contributed by atoms with Crippen LogP contribution in [-0.4, -0.2) is 14.5 Å². The fourth-order valence-electron chi connectivity index (χ4n) is 10.7. The summed E-state index contributed by atoms with van der Waals surface area (Å²) in [6.07, 6.45) is 0. The summed E-state index contributed by atoms with van der Waals surface area (Å²) in [5, 5.41) is 12.9. The van der Waals surface area contributed by atoms with Crippen LogP contribution in [0.2, 0.25) is 0 Å². The molecule has 0 atom stereocenters. The van der Waals surface area contributed by atoms with Crippen LogP contribution in [0, 0.1) is 17.9 Å². The molecule has 13 aromatic rings. The van der Waals surface area contributed by atoms with Gasteiger partial charge < -0.3 is 14.4 Å². The number of aromatic nitrogens is 3. The van der Waals surface area contributed by atoms with Crippen LogP contribution in [0.1, 0.15) is 5.56 Å². The molecule has 0 aliphatic rings. The maximum atomic E-state index is 10.7. The summed E-state index contributed by atoms with van der Waals surface area (Å²) in [5.74, 6) is 0.639. The third-order valence-corrected chi connectivity index (χ3v) is 14.4. The van der Waals surface area contributed by atoms with Gasteiger partial charge in [0.05, 0.1) is 40.6 Å². The molecule has 2 heterocycles. The number of nitrogens with zero attached hydrogens (tertiary/aromatic N) is 7. The van der Waals surface area contributed by atoms with Gasteiger partial charge in [-0.2, -0.15) is 5.26 Å². The quantitative estimate of drug-likeness (QED) is 0.114. The van der Waals surface area contributed by atoms with Crippen LogP contribution in [0.5, 0.6) is 0 Å². The third kappa shape index (κ3) is 9.21. The summed E-state index contributed by atoms with van der Waals surface area (Å²) in [6.45, 7) is 8.42. The molecular weight excluding hydrogens is 963 g/mol. The Balaban J connectivity index is 0.887. The summed E-state index contributed by atoms with van der Waals surface area (Å²) in [4.78, 5) is 18.6. The van der Waals surface area contributed by atoms with Crippen molar-refractivity contribution in [2.75, 3.05) is 9.80 Å². The normalized spacial score (nSPS) is 11.0. The molecule has 0 saturated carbocycles. The van der Waals surface area contributed by atoms with Crippen LogP contribution in [0.3, 0.4) is 0 Å². The predicted octanol–water partition coefficient (Wildman–Crippen LogP) is 19.3. The number of anilines is 6. The third-order valence-electron chi connectivity index (χ3n) is 14.4. The van der Waals surface area contributed by atoms with Crippen LogP contribution in [-0.2, 0) is 0 Å². The molecule has 0 fully saturated rings. The van der Waals surface area contributed by atoms with Gasteiger partial charge in [-0.1, -0.05) is 170 Å². The molecule has 2 aromatic heterocycles. The van der Waals surface area contributed by atoms with E-state index in [0.717, 1.165) is 101 Å². The van der Waals surface area contributed by atoms with Gasteiger partial charge in [0, 0.05) is 67.3 Å². The van der Waals surface area contributed by atoms with Gasteiger partial charge in [0.25, 0.3) is 0 Å². The van der Waals surface area contributed by atoms with E-state index in [1.807, 2.05) is 115 Å². The van der Waals surface area contributed by atoms with Gasteiger partial charge in [-0.25, -0.2) is 14.8 Å². The van der Waals surface area contributed by atoms with E-state index in [1.54, 1.807) is 0 Å². The lowest BCUT2D eigenvalue weighted by Gasteiger charge is -2.26. The monoisotopic (exact) mass is 1010 g/mol. The molecule has 0 amide bonds. The standard InChI is InChI=1S/C72H47N7/c1-74-69-47-63(50-32-34-53(35-33-50)68-48-67(52-20-8-2-9-21-52)75-72(76-68)54-22-10-3-11-23-54)55(49-73)44-64(69)51-36-38-60(39-37-51)79-70-42-40-61(77(56-24-12-4-13-25-56)57-26-14-5-15-27-57)45-65(70)66-46-62(41-43-71(66)79)78(58-28-16-6-17-29-58)59-30-18-7-19-31-59/h2-48H. The van der Waals surface area contributed by atoms with Crippen LogP contribution >= 0.6 is 0 Å². The predicted molar refractivity (Wildman–Crippen MR) is 324 cm³/mol. The lowest BCUT2D eigenvalue weighted by Crippen LogP contribution is -2.09. The molecule has 79 heavy (non-hydrogen) atoms. The minimum absolute atomic E-state index is 0.460. The van der Waals surface area contributed by atoms with E-state index >= 15 is 0 Å². The summed E-state index contributed by atoms with van der Waals surface area (Å²) >= 11 is 0. The first-order valence-electron chi connectivity index (χ1n) is 26.1. The Morgan fingerprint density at radius 1 is 0.367 bits per heavy atom. The topological polar surface area (TPSA) is 65.3 Å². The number of fused-ring (bicyclic) bond motifs is 3. The van der Waals surface area contributed by atoms with Gasteiger partial charge >= 0.3 is 0 Å². The first-order chi connectivity index (χ1) is 39.1. The zero-order valence-corrected chi connectivity index (χ0v) is 42.8. The van der Waals surface area contributed by atoms with E-state index in [1.165, 1.54) is 0 Å². The Morgan fingerprint density at radius 2 is 0.759 bits per heavy atom. The average molecular weight is 1010 g/mol. The second kappa shape index (κ2) is 20.9. The molecule has 0 spiro atoms. The van der Waals surface area contributed by atoms with E-state index in [4.69, 9.17) is 16.5 Å². The van der Waals surface area contributed by atoms with Crippen molar-refractivity contribution in [1.82, 2.24) is 14.5 Å². The van der Waals surface area contributed by atoms with Crippen LogP contribution in [0.4, 0.5) is 39.8 Å². The van der Waals surface area contributed by atoms with Crippen LogP contribution in [0.25, 0.3) is 88.5 Å². The van der Waals surface area contributed by atoms with Gasteiger partial charge in [0.2, 0.25) is 0 Å². The van der Waals surface area contributed by atoms with Gasteiger partial charge in [-0.15, -0.1) is 0 Å². The van der Waals surface area contributed by atoms with Crippen molar-refractivity contribution < 1.29 is 0 Å². The van der Waals surface area contributed by atoms with E-state index < -0.39 is 0 Å². The Morgan fingerprint density at radius 3 is 1.20 bits per heavy atom. The van der Waals surface area contributed by atoms with Crippen LogP contribution in [0.15, 0.2) is 285 Å². The summed E-state index contributed by atoms with van der Waals surface area (Å²) in [5.41, 5.74) is 17.8. The first-order valence-corrected chi connectivity index (χ1v) is 26.1. The van der Waals surface area contributed by atoms with Gasteiger partial charge in [-0.3, -0.25) is 0 Å². The molecule has 0 unspecified atom stereocenters. The Bertz CT molecular complexity index is 4120. The van der Waals surface area contributed by atoms with Crippen molar-refractivity contribution in [2.45, 2.75) is 0 Å². The SMILES string of the molecule is [C-]#[N+]c1cc(-c2ccc(-c3cc(-c4ccccc4)nc(-c4ccccc4)n3)cc2)c(C#N)cc1-c1ccc(-n2c3ccc(N(c4ccccc4)c4ccccc4)cc3c3cc(N(c4ccccc4)c4ccccc4)ccc32)cc1. The highest BCUT2D eigenvalue weighted by Gasteiger charge is 2.21. The summed E-state index contributed by atoms with van der Waals surface area (Å²) in [6, 6.07) is 100. The number of rotatable bonds is 12. The zero-order chi connectivity index (χ0) is 53.1. The molecule has 11 aromatic carbocycles. The molecule has 0 N–H and O–H groups in total. The van der Waals surface area contributed by atoms with Crippen molar-refractivity contribution in [3.63, 3.8) is 0 Å². The Labute approximate surface area is 458 Å². The minimum atomic E-state index is 0.460. The van der Waals surface area contributed by atoms with Gasteiger partial charge in [-0.05, 0) is 138 Å². The summed E-state index contributed by atoms with van der Waals surface area (Å²) < 4.78 is 2.32.